The molecule has 5 rings (SSSR count). The Kier molecular flexibility index (Phi) is 4.81. The summed E-state index contributed by atoms with van der Waals surface area (Å²) in [7, 11) is -3.32. The first-order valence-corrected chi connectivity index (χ1v) is 12.0. The van der Waals surface area contributed by atoms with Crippen LogP contribution in [0.3, 0.4) is 0 Å². The SMILES string of the molecule is Cc1ccc(C2=C(P(=O)(c3ccccc3)c3ccccc3)c3ccccc3C2=O)cc1. The Morgan fingerprint density at radius 3 is 1.61 bits per heavy atom. The molecule has 0 fully saturated rings. The second-order valence-corrected chi connectivity index (χ2v) is 10.4. The van der Waals surface area contributed by atoms with Gasteiger partial charge in [0.1, 0.15) is 0 Å². The second kappa shape index (κ2) is 7.65. The van der Waals surface area contributed by atoms with Crippen molar-refractivity contribution in [2.24, 2.45) is 0 Å². The smallest absolute Gasteiger partial charge is 0.195 e. The van der Waals surface area contributed by atoms with Gasteiger partial charge in [0, 0.05) is 27.1 Å². The first-order chi connectivity index (χ1) is 15.1. The molecule has 0 saturated carbocycles. The van der Waals surface area contributed by atoms with Gasteiger partial charge in [-0.25, -0.2) is 0 Å². The molecule has 0 radical (unpaired) electrons. The molecule has 4 aromatic rings. The van der Waals surface area contributed by atoms with Gasteiger partial charge >= 0.3 is 0 Å². The van der Waals surface area contributed by atoms with Crippen molar-refractivity contribution in [2.75, 3.05) is 0 Å². The fourth-order valence-corrected chi connectivity index (χ4v) is 7.34. The molecule has 0 saturated heterocycles. The fraction of sp³-hybridized carbons (Fsp3) is 0.0357. The van der Waals surface area contributed by atoms with E-state index in [1.165, 1.54) is 0 Å². The van der Waals surface area contributed by atoms with Crippen LogP contribution in [0.25, 0.3) is 10.9 Å². The lowest BCUT2D eigenvalue weighted by molar-refractivity contribution is 0.105. The van der Waals surface area contributed by atoms with Gasteiger partial charge in [-0.15, -0.1) is 0 Å². The molecular formula is C28H21O2P. The zero-order valence-corrected chi connectivity index (χ0v) is 18.1. The summed E-state index contributed by atoms with van der Waals surface area (Å²) < 4.78 is 15.2. The summed E-state index contributed by atoms with van der Waals surface area (Å²) in [6.45, 7) is 2.02. The van der Waals surface area contributed by atoms with Gasteiger partial charge in [0.15, 0.2) is 12.9 Å². The highest BCUT2D eigenvalue weighted by molar-refractivity contribution is 7.88. The van der Waals surface area contributed by atoms with Crippen molar-refractivity contribution in [1.82, 2.24) is 0 Å². The van der Waals surface area contributed by atoms with E-state index in [-0.39, 0.29) is 5.78 Å². The molecule has 0 heterocycles. The van der Waals surface area contributed by atoms with E-state index in [9.17, 15) is 4.79 Å². The summed E-state index contributed by atoms with van der Waals surface area (Å²) in [4.78, 5) is 13.6. The fourth-order valence-electron chi connectivity index (χ4n) is 4.26. The van der Waals surface area contributed by atoms with Crippen molar-refractivity contribution in [3.05, 3.63) is 131 Å². The lowest BCUT2D eigenvalue weighted by Gasteiger charge is -2.23. The predicted octanol–water partition coefficient (Wildman–Crippen LogP) is 6.07. The summed E-state index contributed by atoms with van der Waals surface area (Å²) >= 11 is 0. The molecule has 31 heavy (non-hydrogen) atoms. The van der Waals surface area contributed by atoms with E-state index in [4.69, 9.17) is 0 Å². The Labute approximate surface area is 182 Å². The largest absolute Gasteiger partial charge is 0.309 e. The zero-order valence-electron chi connectivity index (χ0n) is 17.2. The molecule has 0 bridgehead atoms. The topological polar surface area (TPSA) is 34.1 Å². The van der Waals surface area contributed by atoms with Gasteiger partial charge in [-0.05, 0) is 18.1 Å². The Bertz CT molecular complexity index is 1310. The van der Waals surface area contributed by atoms with Crippen molar-refractivity contribution in [1.29, 1.82) is 0 Å². The summed E-state index contributed by atoms with van der Waals surface area (Å²) in [5, 5.41) is 2.09. The molecule has 1 aliphatic carbocycles. The third-order valence-electron chi connectivity index (χ3n) is 5.79. The van der Waals surface area contributed by atoms with Crippen molar-refractivity contribution in [3.63, 3.8) is 0 Å². The number of aryl methyl sites for hydroxylation is 1. The number of hydrogen-bond acceptors (Lipinski definition) is 2. The second-order valence-electron chi connectivity index (χ2n) is 7.74. The molecule has 1 aliphatic rings. The third-order valence-corrected chi connectivity index (χ3v) is 8.93. The molecule has 3 heteroatoms. The van der Waals surface area contributed by atoms with E-state index in [1.54, 1.807) is 0 Å². The maximum Gasteiger partial charge on any atom is 0.195 e. The summed E-state index contributed by atoms with van der Waals surface area (Å²) in [6.07, 6.45) is 0. The third kappa shape index (κ3) is 3.12. The molecule has 0 atom stereocenters. The molecule has 0 unspecified atom stereocenters. The number of Topliss-reactive ketones (excluding diaryl/α,β-unsaturated/α-hetero) is 1. The quantitative estimate of drug-likeness (QED) is 0.375. The number of allylic oxidation sites excluding steroid dienone is 1. The van der Waals surface area contributed by atoms with Crippen LogP contribution in [0.15, 0.2) is 109 Å². The number of rotatable bonds is 4. The Morgan fingerprint density at radius 1 is 0.581 bits per heavy atom. The maximum atomic E-state index is 15.2. The minimum absolute atomic E-state index is 0.0680. The molecule has 0 aromatic heterocycles. The number of carbonyl (C=O) groups excluding carboxylic acids is 1. The van der Waals surface area contributed by atoms with Gasteiger partial charge in [-0.2, -0.15) is 0 Å². The highest BCUT2D eigenvalue weighted by Crippen LogP contribution is 2.62. The molecule has 2 nitrogen and oxygen atoms in total. The van der Waals surface area contributed by atoms with Crippen LogP contribution in [0, 0.1) is 6.92 Å². The van der Waals surface area contributed by atoms with Gasteiger partial charge in [0.2, 0.25) is 0 Å². The standard InChI is InChI=1S/C28H21O2P/c1-20-16-18-21(19-17-20)26-27(29)24-14-8-9-15-25(24)28(26)31(30,22-10-4-2-5-11-22)23-12-6-3-7-13-23/h2-19H,1H3. The number of fused-ring (bicyclic) bond motifs is 1. The molecule has 4 aromatic carbocycles. The average Bonchev–Trinajstić information content (AvgIpc) is 3.13. The summed E-state index contributed by atoms with van der Waals surface area (Å²) in [5.41, 5.74) is 3.83. The highest BCUT2D eigenvalue weighted by atomic mass is 31.2. The van der Waals surface area contributed by atoms with Crippen LogP contribution in [0.4, 0.5) is 0 Å². The number of ketones is 1. The molecule has 150 valence electrons. The normalized spacial score (nSPS) is 13.4. The molecule has 0 amide bonds. The van der Waals surface area contributed by atoms with Gasteiger partial charge in [-0.3, -0.25) is 4.79 Å². The van der Waals surface area contributed by atoms with Crippen molar-refractivity contribution in [3.8, 4) is 0 Å². The van der Waals surface area contributed by atoms with E-state index >= 15 is 4.57 Å². The van der Waals surface area contributed by atoms with Crippen LogP contribution < -0.4 is 10.6 Å². The monoisotopic (exact) mass is 420 g/mol. The van der Waals surface area contributed by atoms with Crippen LogP contribution in [-0.4, -0.2) is 5.78 Å². The number of benzene rings is 4. The van der Waals surface area contributed by atoms with Crippen LogP contribution in [-0.2, 0) is 4.57 Å². The van der Waals surface area contributed by atoms with Crippen LogP contribution in [0.2, 0.25) is 0 Å². The van der Waals surface area contributed by atoms with Crippen LogP contribution in [0.1, 0.15) is 27.0 Å². The van der Waals surface area contributed by atoms with Gasteiger partial charge in [0.05, 0.1) is 0 Å². The Balaban J connectivity index is 1.91. The van der Waals surface area contributed by atoms with E-state index in [1.807, 2.05) is 116 Å². The van der Waals surface area contributed by atoms with E-state index in [2.05, 4.69) is 0 Å². The molecule has 0 aliphatic heterocycles. The molecular weight excluding hydrogens is 399 g/mol. The van der Waals surface area contributed by atoms with Gasteiger partial charge < -0.3 is 4.57 Å². The zero-order chi connectivity index (χ0) is 21.4. The predicted molar refractivity (Wildman–Crippen MR) is 129 cm³/mol. The lowest BCUT2D eigenvalue weighted by atomic mass is 10.0. The molecule has 0 spiro atoms. The minimum Gasteiger partial charge on any atom is -0.309 e. The van der Waals surface area contributed by atoms with E-state index < -0.39 is 7.14 Å². The van der Waals surface area contributed by atoms with E-state index in [0.717, 1.165) is 27.3 Å². The summed E-state index contributed by atoms with van der Waals surface area (Å²) in [6, 6.07) is 34.5. The number of carbonyl (C=O) groups is 1. The van der Waals surface area contributed by atoms with Crippen molar-refractivity contribution < 1.29 is 9.36 Å². The van der Waals surface area contributed by atoms with Crippen molar-refractivity contribution in [2.45, 2.75) is 6.92 Å². The Hall–Kier alpha value is -3.48. The highest BCUT2D eigenvalue weighted by Gasteiger charge is 2.42. The van der Waals surface area contributed by atoms with Crippen LogP contribution in [0.5, 0.6) is 0 Å². The average molecular weight is 420 g/mol. The van der Waals surface area contributed by atoms with Crippen molar-refractivity contribution >= 4 is 34.4 Å². The van der Waals surface area contributed by atoms with Gasteiger partial charge in [0.25, 0.3) is 0 Å². The van der Waals surface area contributed by atoms with Crippen LogP contribution >= 0.6 is 7.14 Å². The minimum atomic E-state index is -3.32. The first-order valence-electron chi connectivity index (χ1n) is 10.3. The Morgan fingerprint density at radius 2 is 1.06 bits per heavy atom. The van der Waals surface area contributed by atoms with E-state index in [0.29, 0.717) is 16.5 Å². The van der Waals surface area contributed by atoms with Gasteiger partial charge in [-0.1, -0.05) is 115 Å². The summed E-state index contributed by atoms with van der Waals surface area (Å²) in [5.74, 6) is -0.0680. The number of hydrogen-bond donors (Lipinski definition) is 0. The maximum absolute atomic E-state index is 15.2. The lowest BCUT2D eigenvalue weighted by Crippen LogP contribution is -2.17. The molecule has 0 N–H and O–H groups in total. The first kappa shape index (κ1) is 19.5.